The molecule has 4 nitrogen and oxygen atoms in total. The molecule has 2 heterocycles. The zero-order valence-corrected chi connectivity index (χ0v) is 9.33. The molecule has 0 amide bonds. The molecule has 1 aromatic carbocycles. The lowest BCUT2D eigenvalue weighted by Gasteiger charge is -2.29. The second kappa shape index (κ2) is 4.00. The molecule has 0 radical (unpaired) electrons. The van der Waals surface area contributed by atoms with E-state index in [4.69, 9.17) is 4.74 Å². The Labute approximate surface area is 98.4 Å². The fraction of sp³-hybridized carbons (Fsp3) is 0.417. The Balaban J connectivity index is 1.97. The molecule has 1 saturated heterocycles. The zero-order valence-electron chi connectivity index (χ0n) is 9.33. The highest BCUT2D eigenvalue weighted by molar-refractivity contribution is 5.94. The number of nitrogens with one attached hydrogen (secondary N) is 1. The van der Waals surface area contributed by atoms with Gasteiger partial charge >= 0.3 is 5.97 Å². The maximum absolute atomic E-state index is 13.9. The Morgan fingerprint density at radius 1 is 1.29 bits per heavy atom. The zero-order chi connectivity index (χ0) is 11.8. The number of carbonyl (C=O) groups excluding carboxylic acids is 1. The fourth-order valence-corrected chi connectivity index (χ4v) is 2.28. The van der Waals surface area contributed by atoms with Crippen LogP contribution in [0.15, 0.2) is 12.1 Å². The smallest absolute Gasteiger partial charge is 0.338 e. The maximum Gasteiger partial charge on any atom is 0.338 e. The van der Waals surface area contributed by atoms with E-state index in [-0.39, 0.29) is 12.4 Å². The minimum absolute atomic E-state index is 0.257. The second-order valence-electron chi connectivity index (χ2n) is 4.27. The number of piperazine rings is 1. The van der Waals surface area contributed by atoms with Crippen LogP contribution in [0.3, 0.4) is 0 Å². The summed E-state index contributed by atoms with van der Waals surface area (Å²) in [4.78, 5) is 13.3. The van der Waals surface area contributed by atoms with Gasteiger partial charge in [-0.1, -0.05) is 0 Å². The van der Waals surface area contributed by atoms with Crippen molar-refractivity contribution in [3.05, 3.63) is 29.1 Å². The van der Waals surface area contributed by atoms with E-state index >= 15 is 0 Å². The first-order valence-corrected chi connectivity index (χ1v) is 5.71. The predicted molar refractivity (Wildman–Crippen MR) is 60.6 cm³/mol. The van der Waals surface area contributed by atoms with Crippen molar-refractivity contribution in [2.24, 2.45) is 0 Å². The monoisotopic (exact) mass is 236 g/mol. The first-order chi connectivity index (χ1) is 8.25. The number of halogens is 1. The Morgan fingerprint density at radius 2 is 2.06 bits per heavy atom. The van der Waals surface area contributed by atoms with Gasteiger partial charge < -0.3 is 15.0 Å². The van der Waals surface area contributed by atoms with Gasteiger partial charge in [-0.25, -0.2) is 9.18 Å². The molecule has 1 aromatic rings. The highest BCUT2D eigenvalue weighted by Crippen LogP contribution is 2.28. The number of nitrogens with zero attached hydrogens (tertiary/aromatic N) is 1. The Bertz CT molecular complexity index is 470. The van der Waals surface area contributed by atoms with E-state index in [0.29, 0.717) is 11.3 Å². The van der Waals surface area contributed by atoms with Gasteiger partial charge in [0.25, 0.3) is 0 Å². The van der Waals surface area contributed by atoms with Gasteiger partial charge in [-0.2, -0.15) is 0 Å². The van der Waals surface area contributed by atoms with E-state index in [1.54, 1.807) is 6.07 Å². The average Bonchev–Trinajstić information content (AvgIpc) is 2.71. The fourth-order valence-electron chi connectivity index (χ4n) is 2.28. The minimum atomic E-state index is -0.425. The number of anilines is 1. The van der Waals surface area contributed by atoms with Crippen LogP contribution in [0, 0.1) is 5.82 Å². The van der Waals surface area contributed by atoms with E-state index in [9.17, 15) is 9.18 Å². The molecule has 0 unspecified atom stereocenters. The summed E-state index contributed by atoms with van der Waals surface area (Å²) in [7, 11) is 0. The molecule has 90 valence electrons. The molecule has 0 aromatic heterocycles. The van der Waals surface area contributed by atoms with Crippen molar-refractivity contribution in [3.63, 3.8) is 0 Å². The van der Waals surface area contributed by atoms with Gasteiger partial charge in [-0.05, 0) is 12.1 Å². The summed E-state index contributed by atoms with van der Waals surface area (Å²) >= 11 is 0. The van der Waals surface area contributed by atoms with Gasteiger partial charge in [0, 0.05) is 31.7 Å². The molecular weight excluding hydrogens is 223 g/mol. The van der Waals surface area contributed by atoms with Crippen LogP contribution in [0.2, 0.25) is 0 Å². The van der Waals surface area contributed by atoms with E-state index < -0.39 is 5.97 Å². The second-order valence-corrected chi connectivity index (χ2v) is 4.27. The molecule has 0 atom stereocenters. The SMILES string of the molecule is O=C1OCc2cc(N3CCNCC3)c(F)cc21. The quantitative estimate of drug-likeness (QED) is 0.736. The van der Waals surface area contributed by atoms with Crippen LogP contribution in [0.1, 0.15) is 15.9 Å². The highest BCUT2D eigenvalue weighted by Gasteiger charge is 2.25. The molecule has 0 saturated carbocycles. The molecule has 0 spiro atoms. The number of hydrogen-bond donors (Lipinski definition) is 1. The Morgan fingerprint density at radius 3 is 2.82 bits per heavy atom. The summed E-state index contributed by atoms with van der Waals surface area (Å²) in [5.74, 6) is -0.768. The van der Waals surface area contributed by atoms with Crippen molar-refractivity contribution in [2.75, 3.05) is 31.1 Å². The lowest BCUT2D eigenvalue weighted by atomic mass is 10.1. The molecule has 0 aliphatic carbocycles. The van der Waals surface area contributed by atoms with Crippen molar-refractivity contribution < 1.29 is 13.9 Å². The van der Waals surface area contributed by atoms with Crippen molar-refractivity contribution in [1.29, 1.82) is 0 Å². The maximum atomic E-state index is 13.9. The van der Waals surface area contributed by atoms with Crippen LogP contribution in [-0.2, 0) is 11.3 Å². The van der Waals surface area contributed by atoms with Gasteiger partial charge in [0.2, 0.25) is 0 Å². The summed E-state index contributed by atoms with van der Waals surface area (Å²) in [6.07, 6.45) is 0. The van der Waals surface area contributed by atoms with Crippen LogP contribution in [-0.4, -0.2) is 32.1 Å². The number of esters is 1. The number of carbonyl (C=O) groups is 1. The summed E-state index contributed by atoms with van der Waals surface area (Å²) < 4.78 is 18.8. The van der Waals surface area contributed by atoms with Crippen LogP contribution >= 0.6 is 0 Å². The standard InChI is InChI=1S/C12H13FN2O2/c13-10-6-9-8(7-17-12(9)16)5-11(10)15-3-1-14-2-4-15/h5-6,14H,1-4,7H2. The summed E-state index contributed by atoms with van der Waals surface area (Å²) in [5, 5.41) is 3.22. The first-order valence-electron chi connectivity index (χ1n) is 5.71. The van der Waals surface area contributed by atoms with Gasteiger partial charge in [0.15, 0.2) is 0 Å². The molecule has 1 fully saturated rings. The molecule has 2 aliphatic rings. The normalized spacial score (nSPS) is 19.1. The van der Waals surface area contributed by atoms with E-state index in [1.807, 2.05) is 4.90 Å². The highest BCUT2D eigenvalue weighted by atomic mass is 19.1. The van der Waals surface area contributed by atoms with Gasteiger partial charge in [0.1, 0.15) is 12.4 Å². The average molecular weight is 236 g/mol. The third kappa shape index (κ3) is 1.76. The van der Waals surface area contributed by atoms with Crippen LogP contribution in [0.25, 0.3) is 0 Å². The van der Waals surface area contributed by atoms with Gasteiger partial charge in [-0.15, -0.1) is 0 Å². The number of benzene rings is 1. The lowest BCUT2D eigenvalue weighted by Crippen LogP contribution is -2.43. The Kier molecular flexibility index (Phi) is 2.48. The third-order valence-electron chi connectivity index (χ3n) is 3.21. The van der Waals surface area contributed by atoms with Crippen molar-refractivity contribution in [3.8, 4) is 0 Å². The summed E-state index contributed by atoms with van der Waals surface area (Å²) in [5.41, 5.74) is 1.72. The number of cyclic esters (lactones) is 1. The molecule has 1 N–H and O–H groups in total. The van der Waals surface area contributed by atoms with Crippen molar-refractivity contribution >= 4 is 11.7 Å². The van der Waals surface area contributed by atoms with Crippen molar-refractivity contribution in [2.45, 2.75) is 6.61 Å². The van der Waals surface area contributed by atoms with Gasteiger partial charge in [-0.3, -0.25) is 0 Å². The molecular formula is C12H13FN2O2. The summed E-state index contributed by atoms with van der Waals surface area (Å²) in [6.45, 7) is 3.53. The van der Waals surface area contributed by atoms with E-state index in [0.717, 1.165) is 31.7 Å². The topological polar surface area (TPSA) is 41.6 Å². The largest absolute Gasteiger partial charge is 0.457 e. The lowest BCUT2D eigenvalue weighted by molar-refractivity contribution is 0.0535. The number of fused-ring (bicyclic) bond motifs is 1. The van der Waals surface area contributed by atoms with Gasteiger partial charge in [0.05, 0.1) is 11.3 Å². The van der Waals surface area contributed by atoms with Crippen LogP contribution in [0.5, 0.6) is 0 Å². The van der Waals surface area contributed by atoms with E-state index in [1.165, 1.54) is 6.07 Å². The molecule has 17 heavy (non-hydrogen) atoms. The van der Waals surface area contributed by atoms with E-state index in [2.05, 4.69) is 5.32 Å². The Hall–Kier alpha value is -1.62. The predicted octanol–water partition coefficient (Wildman–Crippen LogP) is 0.906. The summed E-state index contributed by atoms with van der Waals surface area (Å²) in [6, 6.07) is 3.03. The number of rotatable bonds is 1. The first kappa shape index (κ1) is 10.5. The third-order valence-corrected chi connectivity index (χ3v) is 3.21. The number of ether oxygens (including phenoxy) is 1. The minimum Gasteiger partial charge on any atom is -0.457 e. The number of hydrogen-bond acceptors (Lipinski definition) is 4. The molecule has 2 aliphatic heterocycles. The van der Waals surface area contributed by atoms with Crippen molar-refractivity contribution in [1.82, 2.24) is 5.32 Å². The molecule has 0 bridgehead atoms. The van der Waals surface area contributed by atoms with Crippen LogP contribution < -0.4 is 10.2 Å². The molecule has 5 heteroatoms. The van der Waals surface area contributed by atoms with Crippen LogP contribution in [0.4, 0.5) is 10.1 Å². The molecule has 3 rings (SSSR count).